The van der Waals surface area contributed by atoms with Gasteiger partial charge in [-0.2, -0.15) is 13.2 Å². The van der Waals surface area contributed by atoms with E-state index in [1.807, 2.05) is 6.92 Å². The van der Waals surface area contributed by atoms with Crippen molar-refractivity contribution in [2.24, 2.45) is 5.92 Å². The van der Waals surface area contributed by atoms with Gasteiger partial charge in [-0.25, -0.2) is 8.42 Å². The van der Waals surface area contributed by atoms with E-state index in [1.54, 1.807) is 13.8 Å². The quantitative estimate of drug-likeness (QED) is 0.382. The van der Waals surface area contributed by atoms with Crippen LogP contribution in [0, 0.1) is 19.8 Å². The number of aromatic nitrogens is 1. The topological polar surface area (TPSA) is 152 Å². The highest BCUT2D eigenvalue weighted by atomic mass is 32.2. The molecule has 1 aromatic carbocycles. The van der Waals surface area contributed by atoms with Crippen LogP contribution >= 0.6 is 0 Å². The van der Waals surface area contributed by atoms with Crippen molar-refractivity contribution in [2.75, 3.05) is 38.1 Å². The summed E-state index contributed by atoms with van der Waals surface area (Å²) in [6, 6.07) is 3.67. The SMILES string of the molecule is Cc1noc(C)c1S(=O)(=O)Nc1ccc2c(c1)C(=O)N([C@H](C)CO)C[C@@H](C)[C@H](CN(C)C(=O)CCC(F)(F)F)OCCCC[C@@H](C)O2. The fourth-order valence-electron chi connectivity index (χ4n) is 5.32. The molecule has 0 saturated heterocycles. The summed E-state index contributed by atoms with van der Waals surface area (Å²) in [5.41, 5.74) is 0.305. The number of alkyl halides is 3. The smallest absolute Gasteiger partial charge is 0.389 e. The van der Waals surface area contributed by atoms with E-state index < -0.39 is 65.5 Å². The summed E-state index contributed by atoms with van der Waals surface area (Å²) in [5, 5.41) is 13.8. The molecular weight excluding hydrogens is 645 g/mol. The zero-order valence-electron chi connectivity index (χ0n) is 27.6. The molecule has 2 heterocycles. The third-order valence-corrected chi connectivity index (χ3v) is 9.67. The number of hydrogen-bond acceptors (Lipinski definition) is 9. The number of fused-ring (bicyclic) bond motifs is 1. The van der Waals surface area contributed by atoms with Crippen LogP contribution in [0.15, 0.2) is 27.6 Å². The van der Waals surface area contributed by atoms with Gasteiger partial charge in [0.05, 0.1) is 36.8 Å². The van der Waals surface area contributed by atoms with Crippen LogP contribution in [0.2, 0.25) is 0 Å². The van der Waals surface area contributed by atoms with Crippen LogP contribution in [-0.4, -0.2) is 98.1 Å². The molecule has 0 aliphatic carbocycles. The van der Waals surface area contributed by atoms with Gasteiger partial charge in [-0.05, 0) is 65.2 Å². The van der Waals surface area contributed by atoms with Crippen molar-refractivity contribution in [3.8, 4) is 5.75 Å². The number of hydrogen-bond donors (Lipinski definition) is 2. The Morgan fingerprint density at radius 3 is 2.55 bits per heavy atom. The van der Waals surface area contributed by atoms with Crippen LogP contribution in [0.5, 0.6) is 5.75 Å². The van der Waals surface area contributed by atoms with E-state index >= 15 is 0 Å². The first kappa shape index (κ1) is 38.1. The molecule has 1 aliphatic heterocycles. The highest BCUT2D eigenvalue weighted by molar-refractivity contribution is 7.92. The lowest BCUT2D eigenvalue weighted by Gasteiger charge is -2.36. The number of nitrogens with zero attached hydrogens (tertiary/aromatic N) is 3. The Morgan fingerprint density at radius 2 is 1.94 bits per heavy atom. The van der Waals surface area contributed by atoms with Crippen LogP contribution in [0.3, 0.4) is 0 Å². The van der Waals surface area contributed by atoms with Gasteiger partial charge in [0.25, 0.3) is 15.9 Å². The molecule has 12 nitrogen and oxygen atoms in total. The number of carbonyl (C=O) groups excluding carboxylic acids is 2. The van der Waals surface area contributed by atoms with Gasteiger partial charge < -0.3 is 28.9 Å². The molecule has 3 rings (SSSR count). The Morgan fingerprint density at radius 1 is 1.23 bits per heavy atom. The van der Waals surface area contributed by atoms with Crippen LogP contribution in [0.25, 0.3) is 0 Å². The number of likely N-dealkylation sites (N-methyl/N-ethyl adjacent to an activating group) is 1. The highest BCUT2D eigenvalue weighted by Crippen LogP contribution is 2.30. The molecule has 4 atom stereocenters. The zero-order valence-corrected chi connectivity index (χ0v) is 28.4. The summed E-state index contributed by atoms with van der Waals surface area (Å²) in [6.07, 6.45) is -5.40. The lowest BCUT2D eigenvalue weighted by Crippen LogP contribution is -2.48. The number of halogens is 3. The molecule has 1 aromatic heterocycles. The number of amides is 2. The lowest BCUT2D eigenvalue weighted by molar-refractivity contribution is -0.149. The predicted molar refractivity (Wildman–Crippen MR) is 167 cm³/mol. The van der Waals surface area contributed by atoms with Gasteiger partial charge in [0.1, 0.15) is 11.4 Å². The minimum Gasteiger partial charge on any atom is -0.490 e. The fourth-order valence-corrected chi connectivity index (χ4v) is 6.71. The van der Waals surface area contributed by atoms with Crippen molar-refractivity contribution in [3.05, 3.63) is 35.2 Å². The molecule has 0 spiro atoms. The van der Waals surface area contributed by atoms with Crippen molar-refractivity contribution in [2.45, 2.75) is 96.0 Å². The minimum absolute atomic E-state index is 0.00285. The van der Waals surface area contributed by atoms with Crippen molar-refractivity contribution >= 4 is 27.5 Å². The van der Waals surface area contributed by atoms with Crippen LogP contribution < -0.4 is 9.46 Å². The van der Waals surface area contributed by atoms with Gasteiger partial charge in [-0.15, -0.1) is 0 Å². The number of nitrogens with one attached hydrogen (secondary N) is 1. The van der Waals surface area contributed by atoms with E-state index in [-0.39, 0.29) is 52.5 Å². The molecule has 2 aromatic rings. The molecule has 47 heavy (non-hydrogen) atoms. The second-order valence-electron chi connectivity index (χ2n) is 12.2. The number of anilines is 1. The molecule has 0 bridgehead atoms. The highest BCUT2D eigenvalue weighted by Gasteiger charge is 2.33. The normalized spacial score (nSPS) is 20.9. The van der Waals surface area contributed by atoms with Gasteiger partial charge in [-0.3, -0.25) is 14.3 Å². The first-order valence-electron chi connectivity index (χ1n) is 15.5. The molecule has 0 fully saturated rings. The second kappa shape index (κ2) is 16.2. The van der Waals surface area contributed by atoms with Crippen LogP contribution in [-0.2, 0) is 19.6 Å². The predicted octanol–water partition coefficient (Wildman–Crippen LogP) is 4.69. The summed E-state index contributed by atoms with van der Waals surface area (Å²) < 4.78 is 84.5. The van der Waals surface area contributed by atoms with Crippen molar-refractivity contribution in [1.82, 2.24) is 15.0 Å². The number of aryl methyl sites for hydroxylation is 2. The minimum atomic E-state index is -4.46. The zero-order chi connectivity index (χ0) is 35.1. The van der Waals surface area contributed by atoms with E-state index in [0.29, 0.717) is 25.9 Å². The number of benzene rings is 1. The van der Waals surface area contributed by atoms with Crippen molar-refractivity contribution < 1.29 is 50.3 Å². The molecule has 0 unspecified atom stereocenters. The number of rotatable bonds is 9. The largest absolute Gasteiger partial charge is 0.490 e. The molecular formula is C31H45F3N4O8S. The maximum atomic E-state index is 14.3. The number of carbonyl (C=O) groups is 2. The first-order chi connectivity index (χ1) is 21.9. The van der Waals surface area contributed by atoms with Crippen LogP contribution in [0.1, 0.15) is 74.7 Å². The van der Waals surface area contributed by atoms with E-state index in [1.165, 1.54) is 48.9 Å². The third-order valence-electron chi connectivity index (χ3n) is 8.04. The Hall–Kier alpha value is -3.37. The van der Waals surface area contributed by atoms with Gasteiger partial charge in [0.15, 0.2) is 10.7 Å². The first-order valence-corrected chi connectivity index (χ1v) is 17.0. The Labute approximate surface area is 273 Å². The standard InChI is InChI=1S/C31H45F3N4O8S/c1-19-16-38(20(2)18-39)30(41)25-15-24(36-47(42,43)29-22(4)35-46-23(29)5)10-11-26(25)45-21(3)9-7-8-14-44-27(19)17-37(6)28(40)12-13-31(32,33)34/h10-11,15,19-21,27,36,39H,7-9,12-14,16-18H2,1-6H3/t19-,20-,21-,27+/m1/s1. The number of aliphatic hydroxyl groups is 1. The molecule has 0 radical (unpaired) electrons. The van der Waals surface area contributed by atoms with Crippen LogP contribution in [0.4, 0.5) is 18.9 Å². The maximum Gasteiger partial charge on any atom is 0.389 e. The molecule has 0 saturated carbocycles. The van der Waals surface area contributed by atoms with E-state index in [4.69, 9.17) is 14.0 Å². The fraction of sp³-hybridized carbons (Fsp3) is 0.645. The molecule has 264 valence electrons. The maximum absolute atomic E-state index is 14.3. The summed E-state index contributed by atoms with van der Waals surface area (Å²) in [7, 11) is -2.72. The van der Waals surface area contributed by atoms with Gasteiger partial charge in [0, 0.05) is 44.8 Å². The number of ether oxygens (including phenoxy) is 2. The van der Waals surface area contributed by atoms with Crippen molar-refractivity contribution in [3.63, 3.8) is 0 Å². The Balaban J connectivity index is 1.97. The molecule has 1 aliphatic rings. The second-order valence-corrected chi connectivity index (χ2v) is 13.8. The lowest BCUT2D eigenvalue weighted by atomic mass is 10.0. The summed E-state index contributed by atoms with van der Waals surface area (Å²) in [4.78, 5) is 29.3. The van der Waals surface area contributed by atoms with Gasteiger partial charge >= 0.3 is 6.18 Å². The number of aliphatic hydroxyl groups excluding tert-OH is 1. The monoisotopic (exact) mass is 690 g/mol. The molecule has 2 N–H and O–H groups in total. The molecule has 2 amide bonds. The molecule has 16 heteroatoms. The Bertz CT molecular complexity index is 1460. The van der Waals surface area contributed by atoms with E-state index in [0.717, 1.165) is 0 Å². The van der Waals surface area contributed by atoms with E-state index in [9.17, 15) is 36.3 Å². The summed E-state index contributed by atoms with van der Waals surface area (Å²) >= 11 is 0. The van der Waals surface area contributed by atoms with Gasteiger partial charge in [0.2, 0.25) is 5.91 Å². The Kier molecular flexibility index (Phi) is 13.1. The van der Waals surface area contributed by atoms with Crippen molar-refractivity contribution in [1.29, 1.82) is 0 Å². The van der Waals surface area contributed by atoms with E-state index in [2.05, 4.69) is 9.88 Å². The average molecular weight is 691 g/mol. The van der Waals surface area contributed by atoms with Gasteiger partial charge in [-0.1, -0.05) is 12.1 Å². The third kappa shape index (κ3) is 10.6. The summed E-state index contributed by atoms with van der Waals surface area (Å²) in [5.74, 6) is -1.34. The summed E-state index contributed by atoms with van der Waals surface area (Å²) in [6.45, 7) is 8.21. The number of sulfonamides is 1. The average Bonchev–Trinajstić information content (AvgIpc) is 3.34.